The van der Waals surface area contributed by atoms with Crippen LogP contribution in [0.15, 0.2) is 17.1 Å². The second-order valence-corrected chi connectivity index (χ2v) is 4.30. The molecular formula is C11H16ClN3O5. The fourth-order valence-electron chi connectivity index (χ4n) is 1.93. The van der Waals surface area contributed by atoms with Gasteiger partial charge in [-0.3, -0.25) is 9.36 Å². The molecule has 1 aromatic heterocycles. The van der Waals surface area contributed by atoms with Crippen LogP contribution in [0.25, 0.3) is 0 Å². The number of rotatable bonds is 3. The second kappa shape index (κ2) is 6.80. The van der Waals surface area contributed by atoms with E-state index in [2.05, 4.69) is 10.3 Å². The molecule has 1 aromatic rings. The summed E-state index contributed by atoms with van der Waals surface area (Å²) < 4.78 is 6.56. The monoisotopic (exact) mass is 305 g/mol. The summed E-state index contributed by atoms with van der Waals surface area (Å²) in [6.07, 6.45) is -0.563. The zero-order valence-corrected chi connectivity index (χ0v) is 11.5. The summed E-state index contributed by atoms with van der Waals surface area (Å²) in [5, 5.41) is 21.0. The number of aliphatic hydroxyl groups excluding tert-OH is 2. The summed E-state index contributed by atoms with van der Waals surface area (Å²) in [4.78, 5) is 26.3. The molecule has 1 aliphatic heterocycles. The van der Waals surface area contributed by atoms with Crippen molar-refractivity contribution in [3.8, 4) is 0 Å². The Hall–Kier alpha value is -1.48. The van der Waals surface area contributed by atoms with E-state index in [1.54, 1.807) is 0 Å². The molecule has 0 aliphatic carbocycles. The van der Waals surface area contributed by atoms with E-state index in [0.29, 0.717) is 0 Å². The Balaban J connectivity index is 0.00000200. The number of anilines is 1. The Morgan fingerprint density at radius 3 is 2.85 bits per heavy atom. The Morgan fingerprint density at radius 1 is 1.65 bits per heavy atom. The summed E-state index contributed by atoms with van der Waals surface area (Å²) in [6, 6.07) is 1.46. The molecule has 0 saturated carbocycles. The normalized spacial score (nSPS) is 25.1. The molecule has 2 heterocycles. The molecule has 0 bridgehead atoms. The van der Waals surface area contributed by atoms with E-state index in [9.17, 15) is 14.7 Å². The third kappa shape index (κ3) is 3.54. The number of amides is 1. The largest absolute Gasteiger partial charge is 0.394 e. The Kier molecular flexibility index (Phi) is 5.63. The van der Waals surface area contributed by atoms with Gasteiger partial charge in [0, 0.05) is 19.5 Å². The van der Waals surface area contributed by atoms with Crippen LogP contribution < -0.4 is 11.0 Å². The van der Waals surface area contributed by atoms with Gasteiger partial charge in [0.2, 0.25) is 5.91 Å². The first-order valence-corrected chi connectivity index (χ1v) is 5.82. The number of hydrogen-bond acceptors (Lipinski definition) is 6. The molecule has 0 unspecified atom stereocenters. The van der Waals surface area contributed by atoms with Crippen molar-refractivity contribution in [3.05, 3.63) is 22.7 Å². The minimum Gasteiger partial charge on any atom is -0.394 e. The molecule has 20 heavy (non-hydrogen) atoms. The number of aliphatic hydroxyl groups is 2. The lowest BCUT2D eigenvalue weighted by molar-refractivity contribution is -0.114. The van der Waals surface area contributed by atoms with Gasteiger partial charge in [0.25, 0.3) is 0 Å². The average molecular weight is 306 g/mol. The van der Waals surface area contributed by atoms with Gasteiger partial charge in [-0.1, -0.05) is 0 Å². The Bertz CT molecular complexity index is 535. The molecule has 8 nitrogen and oxygen atoms in total. The van der Waals surface area contributed by atoms with Crippen LogP contribution in [0.1, 0.15) is 19.6 Å². The van der Waals surface area contributed by atoms with Gasteiger partial charge in [0.15, 0.2) is 0 Å². The topological polar surface area (TPSA) is 114 Å². The number of halogens is 1. The highest BCUT2D eigenvalue weighted by Gasteiger charge is 2.34. The van der Waals surface area contributed by atoms with Crippen LogP contribution in [-0.2, 0) is 9.53 Å². The van der Waals surface area contributed by atoms with Crippen molar-refractivity contribution < 1.29 is 19.7 Å². The first-order chi connectivity index (χ1) is 9.01. The van der Waals surface area contributed by atoms with Crippen LogP contribution in [0.4, 0.5) is 5.82 Å². The minimum atomic E-state index is -0.822. The molecule has 1 aliphatic rings. The van der Waals surface area contributed by atoms with Gasteiger partial charge >= 0.3 is 5.69 Å². The molecule has 3 atom stereocenters. The van der Waals surface area contributed by atoms with E-state index >= 15 is 0 Å². The van der Waals surface area contributed by atoms with Crippen LogP contribution in [0.2, 0.25) is 0 Å². The first-order valence-electron chi connectivity index (χ1n) is 5.82. The lowest BCUT2D eigenvalue weighted by atomic mass is 10.2. The average Bonchev–Trinajstić information content (AvgIpc) is 2.69. The fourth-order valence-corrected chi connectivity index (χ4v) is 1.93. The fraction of sp³-hybridized carbons (Fsp3) is 0.545. The van der Waals surface area contributed by atoms with E-state index in [1.165, 1.54) is 23.8 Å². The van der Waals surface area contributed by atoms with E-state index in [1.807, 2.05) is 0 Å². The number of carbonyl (C=O) groups excluding carboxylic acids is 1. The number of hydrogen-bond donors (Lipinski definition) is 3. The first kappa shape index (κ1) is 16.6. The van der Waals surface area contributed by atoms with E-state index in [4.69, 9.17) is 9.84 Å². The summed E-state index contributed by atoms with van der Waals surface area (Å²) in [6.45, 7) is 0.999. The van der Waals surface area contributed by atoms with Gasteiger partial charge in [0.05, 0.1) is 12.7 Å². The molecule has 0 spiro atoms. The molecule has 1 amide bonds. The van der Waals surface area contributed by atoms with Crippen LogP contribution in [0.5, 0.6) is 0 Å². The Labute approximate surface area is 120 Å². The highest BCUT2D eigenvalue weighted by molar-refractivity contribution is 5.87. The minimum absolute atomic E-state index is 0. The molecule has 0 aromatic carbocycles. The van der Waals surface area contributed by atoms with Gasteiger partial charge in [-0.25, -0.2) is 4.79 Å². The van der Waals surface area contributed by atoms with E-state index in [-0.39, 0.29) is 37.2 Å². The van der Waals surface area contributed by atoms with Crippen LogP contribution in [0, 0.1) is 0 Å². The number of ether oxygens (including phenoxy) is 1. The second-order valence-electron chi connectivity index (χ2n) is 4.30. The summed E-state index contributed by atoms with van der Waals surface area (Å²) in [7, 11) is 0. The number of carbonyl (C=O) groups is 1. The lowest BCUT2D eigenvalue weighted by Gasteiger charge is -2.14. The molecule has 112 valence electrons. The third-order valence-corrected chi connectivity index (χ3v) is 2.83. The maximum Gasteiger partial charge on any atom is 0.351 e. The van der Waals surface area contributed by atoms with Gasteiger partial charge in [-0.15, -0.1) is 12.4 Å². The van der Waals surface area contributed by atoms with Crippen molar-refractivity contribution in [3.63, 3.8) is 0 Å². The number of aromatic nitrogens is 2. The highest BCUT2D eigenvalue weighted by Crippen LogP contribution is 2.27. The lowest BCUT2D eigenvalue weighted by Crippen LogP contribution is -2.28. The van der Waals surface area contributed by atoms with Gasteiger partial charge in [0.1, 0.15) is 18.1 Å². The molecule has 1 saturated heterocycles. The molecule has 9 heteroatoms. The van der Waals surface area contributed by atoms with Gasteiger partial charge in [-0.05, 0) is 6.07 Å². The standard InChI is InChI=1S/C11H15N3O5.ClH/c1-6(16)12-9-2-3-14(11(18)13-9)10-4-7(17)8(5-15)19-10;/h2-3,7-8,10,15,17H,4-5H2,1H3,(H,12,13,16,18);1H/t7-,8+,10+;/m0./s1. The Morgan fingerprint density at radius 2 is 2.35 bits per heavy atom. The quantitative estimate of drug-likeness (QED) is 0.678. The SMILES string of the molecule is CC(=O)Nc1ccn([C@H]2C[C@H](O)[C@@H](CO)O2)c(=O)n1.Cl. The van der Waals surface area contributed by atoms with Crippen LogP contribution in [0.3, 0.4) is 0 Å². The maximum absolute atomic E-state index is 11.8. The number of nitrogens with one attached hydrogen (secondary N) is 1. The zero-order chi connectivity index (χ0) is 14.0. The van der Waals surface area contributed by atoms with Gasteiger partial charge < -0.3 is 20.3 Å². The van der Waals surface area contributed by atoms with E-state index in [0.717, 1.165) is 0 Å². The third-order valence-electron chi connectivity index (χ3n) is 2.83. The smallest absolute Gasteiger partial charge is 0.351 e. The molecular weight excluding hydrogens is 290 g/mol. The molecule has 1 fully saturated rings. The number of nitrogens with zero attached hydrogens (tertiary/aromatic N) is 2. The predicted molar refractivity (Wildman–Crippen MR) is 71.7 cm³/mol. The molecule has 0 radical (unpaired) electrons. The zero-order valence-electron chi connectivity index (χ0n) is 10.7. The van der Waals surface area contributed by atoms with Crippen LogP contribution in [-0.4, -0.2) is 44.5 Å². The molecule has 2 rings (SSSR count). The summed E-state index contributed by atoms with van der Waals surface area (Å²) >= 11 is 0. The predicted octanol–water partition coefficient (Wildman–Crippen LogP) is -0.736. The van der Waals surface area contributed by atoms with Gasteiger partial charge in [-0.2, -0.15) is 4.98 Å². The van der Waals surface area contributed by atoms with E-state index < -0.39 is 24.1 Å². The summed E-state index contributed by atoms with van der Waals surface area (Å²) in [5.41, 5.74) is -0.595. The van der Waals surface area contributed by atoms with Crippen molar-refractivity contribution in [2.24, 2.45) is 0 Å². The summed E-state index contributed by atoms with van der Waals surface area (Å²) in [5.74, 6) is -0.163. The van der Waals surface area contributed by atoms with Crippen molar-refractivity contribution in [1.82, 2.24) is 9.55 Å². The van der Waals surface area contributed by atoms with Crippen LogP contribution >= 0.6 is 12.4 Å². The van der Waals surface area contributed by atoms with Crippen molar-refractivity contribution in [2.75, 3.05) is 11.9 Å². The molecule has 3 N–H and O–H groups in total. The van der Waals surface area contributed by atoms with Crippen molar-refractivity contribution in [1.29, 1.82) is 0 Å². The highest BCUT2D eigenvalue weighted by atomic mass is 35.5. The van der Waals surface area contributed by atoms with Crippen molar-refractivity contribution in [2.45, 2.75) is 31.8 Å². The van der Waals surface area contributed by atoms with Crippen molar-refractivity contribution >= 4 is 24.1 Å². The maximum atomic E-state index is 11.8.